The number of hydrogen-bond donors (Lipinski definition) is 0. The van der Waals surface area contributed by atoms with Gasteiger partial charge in [0.2, 0.25) is 0 Å². The van der Waals surface area contributed by atoms with Gasteiger partial charge in [0, 0.05) is 12.6 Å². The van der Waals surface area contributed by atoms with Crippen LogP contribution in [0, 0.1) is 5.21 Å². The van der Waals surface area contributed by atoms with Crippen molar-refractivity contribution < 1.29 is 0 Å². The summed E-state index contributed by atoms with van der Waals surface area (Å²) in [6.07, 6.45) is 1.65. The molecule has 0 amide bonds. The van der Waals surface area contributed by atoms with Gasteiger partial charge in [-0.25, -0.2) is 0 Å². The van der Waals surface area contributed by atoms with E-state index < -0.39 is 0 Å². The number of hydroxylamine groups is 2. The van der Waals surface area contributed by atoms with Crippen LogP contribution in [0.15, 0.2) is 43.0 Å². The summed E-state index contributed by atoms with van der Waals surface area (Å²) < 4.78 is 0. The molecule has 1 aromatic carbocycles. The van der Waals surface area contributed by atoms with Crippen LogP contribution in [-0.2, 0) is 6.54 Å². The van der Waals surface area contributed by atoms with E-state index in [1.165, 1.54) is 0 Å². The van der Waals surface area contributed by atoms with Crippen LogP contribution in [-0.4, -0.2) is 11.1 Å². The summed E-state index contributed by atoms with van der Waals surface area (Å²) in [7, 11) is 0. The zero-order valence-electron chi connectivity index (χ0n) is 7.81. The quantitative estimate of drug-likeness (QED) is 0.520. The third kappa shape index (κ3) is 3.01. The largest absolute Gasteiger partial charge is 0.784 e. The van der Waals surface area contributed by atoms with E-state index in [4.69, 9.17) is 0 Å². The lowest BCUT2D eigenvalue weighted by molar-refractivity contribution is 0.331. The first-order valence-corrected chi connectivity index (χ1v) is 4.34. The fourth-order valence-corrected chi connectivity index (χ4v) is 1.02. The minimum Gasteiger partial charge on any atom is -0.784 e. The fraction of sp³-hybridized carbons (Fsp3) is 0.273. The Hall–Kier alpha value is -1.12. The SMILES string of the molecule is C=C[C@@H](C)N([O-])Cc1ccccc1. The molecule has 0 heterocycles. The molecule has 1 atom stereocenters. The molecule has 13 heavy (non-hydrogen) atoms. The van der Waals surface area contributed by atoms with Gasteiger partial charge in [0.25, 0.3) is 0 Å². The molecule has 0 N–H and O–H groups in total. The van der Waals surface area contributed by atoms with Crippen LogP contribution in [0.4, 0.5) is 0 Å². The topological polar surface area (TPSA) is 26.3 Å². The monoisotopic (exact) mass is 176 g/mol. The lowest BCUT2D eigenvalue weighted by Crippen LogP contribution is -2.24. The molecule has 0 aromatic heterocycles. The zero-order valence-corrected chi connectivity index (χ0v) is 7.81. The average Bonchev–Trinajstić information content (AvgIpc) is 2.18. The first kappa shape index (κ1) is 9.96. The van der Waals surface area contributed by atoms with Gasteiger partial charge in [-0.05, 0) is 12.5 Å². The summed E-state index contributed by atoms with van der Waals surface area (Å²) in [5, 5.41) is 12.4. The van der Waals surface area contributed by atoms with E-state index in [0.717, 1.165) is 10.6 Å². The molecule has 0 unspecified atom stereocenters. The molecule has 0 spiro atoms. The minimum absolute atomic E-state index is 0.125. The predicted octanol–water partition coefficient (Wildman–Crippen LogP) is 2.56. The van der Waals surface area contributed by atoms with Crippen LogP contribution >= 0.6 is 0 Å². The Kier molecular flexibility index (Phi) is 3.68. The van der Waals surface area contributed by atoms with Gasteiger partial charge in [0.15, 0.2) is 0 Å². The number of hydrogen-bond acceptors (Lipinski definition) is 2. The van der Waals surface area contributed by atoms with E-state index in [1.54, 1.807) is 6.08 Å². The van der Waals surface area contributed by atoms with Crippen LogP contribution in [0.2, 0.25) is 0 Å². The van der Waals surface area contributed by atoms with Crippen molar-refractivity contribution in [2.45, 2.75) is 19.5 Å². The van der Waals surface area contributed by atoms with Gasteiger partial charge in [-0.1, -0.05) is 36.4 Å². The van der Waals surface area contributed by atoms with Crippen molar-refractivity contribution in [3.8, 4) is 0 Å². The Morgan fingerprint density at radius 1 is 1.46 bits per heavy atom. The molecule has 1 aromatic rings. The summed E-state index contributed by atoms with van der Waals surface area (Å²) in [4.78, 5) is 0. The van der Waals surface area contributed by atoms with Gasteiger partial charge in [0.05, 0.1) is 0 Å². The minimum atomic E-state index is -0.125. The highest BCUT2D eigenvalue weighted by molar-refractivity contribution is 5.14. The van der Waals surface area contributed by atoms with Gasteiger partial charge >= 0.3 is 0 Å². The molecule has 0 bridgehead atoms. The van der Waals surface area contributed by atoms with Gasteiger partial charge in [-0.2, -0.15) is 0 Å². The summed E-state index contributed by atoms with van der Waals surface area (Å²) >= 11 is 0. The van der Waals surface area contributed by atoms with E-state index in [0.29, 0.717) is 6.54 Å². The van der Waals surface area contributed by atoms with Gasteiger partial charge in [0.1, 0.15) is 0 Å². The van der Waals surface area contributed by atoms with E-state index in [2.05, 4.69) is 6.58 Å². The molecular weight excluding hydrogens is 162 g/mol. The second kappa shape index (κ2) is 4.80. The second-order valence-corrected chi connectivity index (χ2v) is 3.04. The lowest BCUT2D eigenvalue weighted by atomic mass is 10.2. The van der Waals surface area contributed by atoms with Crippen LogP contribution in [0.25, 0.3) is 0 Å². The molecule has 0 saturated carbocycles. The highest BCUT2D eigenvalue weighted by atomic mass is 16.5. The second-order valence-electron chi connectivity index (χ2n) is 3.04. The van der Waals surface area contributed by atoms with Crippen molar-refractivity contribution >= 4 is 0 Å². The first-order chi connectivity index (χ1) is 6.24. The molecule has 2 heteroatoms. The summed E-state index contributed by atoms with van der Waals surface area (Å²) in [5.41, 5.74) is 1.03. The Bertz CT molecular complexity index is 258. The summed E-state index contributed by atoms with van der Waals surface area (Å²) in [6.45, 7) is 5.84. The summed E-state index contributed by atoms with van der Waals surface area (Å²) in [6, 6.07) is 9.57. The molecule has 0 aliphatic rings. The highest BCUT2D eigenvalue weighted by Crippen LogP contribution is 2.06. The maximum absolute atomic E-state index is 11.4. The van der Waals surface area contributed by atoms with Crippen LogP contribution < -0.4 is 0 Å². The number of nitrogens with zero attached hydrogens (tertiary/aromatic N) is 1. The molecule has 1 rings (SSSR count). The van der Waals surface area contributed by atoms with Crippen LogP contribution in [0.1, 0.15) is 12.5 Å². The van der Waals surface area contributed by atoms with Gasteiger partial charge in [-0.15, -0.1) is 6.58 Å². The number of benzene rings is 1. The van der Waals surface area contributed by atoms with Crippen LogP contribution in [0.5, 0.6) is 0 Å². The predicted molar refractivity (Wildman–Crippen MR) is 55.0 cm³/mol. The van der Waals surface area contributed by atoms with E-state index in [1.807, 2.05) is 37.3 Å². The smallest absolute Gasteiger partial charge is 0.0130 e. The van der Waals surface area contributed by atoms with Gasteiger partial charge in [-0.3, -0.25) is 0 Å². The van der Waals surface area contributed by atoms with E-state index in [9.17, 15) is 5.21 Å². The molecule has 0 saturated heterocycles. The first-order valence-electron chi connectivity index (χ1n) is 4.34. The molecule has 0 fully saturated rings. The lowest BCUT2D eigenvalue weighted by Gasteiger charge is -2.32. The Balaban J connectivity index is 2.54. The Morgan fingerprint density at radius 3 is 2.62 bits per heavy atom. The maximum atomic E-state index is 11.4. The third-order valence-corrected chi connectivity index (χ3v) is 1.98. The highest BCUT2D eigenvalue weighted by Gasteiger charge is 1.99. The van der Waals surface area contributed by atoms with E-state index in [-0.39, 0.29) is 6.04 Å². The van der Waals surface area contributed by atoms with Crippen molar-refractivity contribution in [2.75, 3.05) is 0 Å². The van der Waals surface area contributed by atoms with Crippen molar-refractivity contribution in [1.82, 2.24) is 5.06 Å². The third-order valence-electron chi connectivity index (χ3n) is 1.98. The average molecular weight is 176 g/mol. The van der Waals surface area contributed by atoms with Crippen LogP contribution in [0.3, 0.4) is 0 Å². The molecule has 0 aliphatic carbocycles. The Morgan fingerprint density at radius 2 is 2.08 bits per heavy atom. The molecule has 0 aliphatic heterocycles. The normalized spacial score (nSPS) is 12.8. The molecular formula is C11H14NO-. The zero-order chi connectivity index (χ0) is 9.68. The maximum Gasteiger partial charge on any atom is 0.0130 e. The van der Waals surface area contributed by atoms with Crippen molar-refractivity contribution in [3.05, 3.63) is 53.8 Å². The van der Waals surface area contributed by atoms with Crippen molar-refractivity contribution in [3.63, 3.8) is 0 Å². The standard InChI is InChI=1S/C11H14NO/c1-3-10(2)12(13)9-11-7-5-4-6-8-11/h3-8,10H,1,9H2,2H3/q-1/t10-/m1/s1. The van der Waals surface area contributed by atoms with Gasteiger partial charge < -0.3 is 10.3 Å². The van der Waals surface area contributed by atoms with Crippen molar-refractivity contribution in [2.24, 2.45) is 0 Å². The Labute approximate surface area is 79.1 Å². The van der Waals surface area contributed by atoms with Crippen molar-refractivity contribution in [1.29, 1.82) is 0 Å². The molecule has 0 radical (unpaired) electrons. The molecule has 70 valence electrons. The number of rotatable bonds is 4. The molecule has 2 nitrogen and oxygen atoms in total. The summed E-state index contributed by atoms with van der Waals surface area (Å²) in [5.74, 6) is 0. The fourth-order valence-electron chi connectivity index (χ4n) is 1.02. The van der Waals surface area contributed by atoms with E-state index >= 15 is 0 Å².